The van der Waals surface area contributed by atoms with E-state index in [0.717, 1.165) is 23.7 Å². The van der Waals surface area contributed by atoms with E-state index in [2.05, 4.69) is 13.8 Å². The first kappa shape index (κ1) is 6.69. The normalized spacial score (nSPS) is 41.4. The quantitative estimate of drug-likeness (QED) is 0.562. The summed E-state index contributed by atoms with van der Waals surface area (Å²) in [6.45, 7) is 4.78. The predicted octanol–water partition coefficient (Wildman–Crippen LogP) is 3.08. The van der Waals surface area contributed by atoms with Gasteiger partial charge in [0, 0.05) is 0 Å². The summed E-state index contributed by atoms with van der Waals surface area (Å²) in [5.74, 6) is 4.48. The molecular formula is C10H18. The van der Waals surface area contributed by atoms with Crippen LogP contribution in [0.2, 0.25) is 0 Å². The van der Waals surface area contributed by atoms with Crippen molar-refractivity contribution in [3.05, 3.63) is 0 Å². The van der Waals surface area contributed by atoms with Gasteiger partial charge in [0.05, 0.1) is 0 Å². The highest BCUT2D eigenvalue weighted by molar-refractivity contribution is 4.94. The Morgan fingerprint density at radius 3 is 2.30 bits per heavy atom. The molecule has 3 unspecified atom stereocenters. The van der Waals surface area contributed by atoms with Crippen molar-refractivity contribution < 1.29 is 0 Å². The van der Waals surface area contributed by atoms with E-state index in [9.17, 15) is 0 Å². The van der Waals surface area contributed by atoms with Crippen LogP contribution in [0.25, 0.3) is 0 Å². The largest absolute Gasteiger partial charge is 0.0651 e. The van der Waals surface area contributed by atoms with E-state index in [1.165, 1.54) is 12.8 Å². The van der Waals surface area contributed by atoms with Crippen LogP contribution in [0.4, 0.5) is 0 Å². The minimum absolute atomic E-state index is 1.07. The Labute approximate surface area is 64.0 Å². The molecule has 0 amide bonds. The van der Waals surface area contributed by atoms with Gasteiger partial charge in [0.2, 0.25) is 0 Å². The molecule has 0 spiro atoms. The van der Waals surface area contributed by atoms with Crippen LogP contribution >= 0.6 is 0 Å². The van der Waals surface area contributed by atoms with Crippen LogP contribution in [-0.2, 0) is 0 Å². The van der Waals surface area contributed by atoms with Gasteiger partial charge < -0.3 is 0 Å². The third-order valence-corrected chi connectivity index (χ3v) is 3.42. The molecule has 0 nitrogen and oxygen atoms in total. The van der Waals surface area contributed by atoms with Crippen LogP contribution in [0.15, 0.2) is 0 Å². The first-order chi connectivity index (χ1) is 4.83. The second-order valence-corrected chi connectivity index (χ2v) is 4.29. The van der Waals surface area contributed by atoms with Gasteiger partial charge in [-0.05, 0) is 42.9 Å². The number of hydrogen-bond donors (Lipinski definition) is 0. The monoisotopic (exact) mass is 138 g/mol. The van der Waals surface area contributed by atoms with Crippen molar-refractivity contribution in [2.24, 2.45) is 23.7 Å². The van der Waals surface area contributed by atoms with Crippen molar-refractivity contribution in [1.29, 1.82) is 0 Å². The second-order valence-electron chi connectivity index (χ2n) is 4.29. The van der Waals surface area contributed by atoms with E-state index in [0.29, 0.717) is 0 Å². The van der Waals surface area contributed by atoms with Crippen molar-refractivity contribution in [2.75, 3.05) is 0 Å². The summed E-state index contributed by atoms with van der Waals surface area (Å²) in [5, 5.41) is 0. The predicted molar refractivity (Wildman–Crippen MR) is 43.8 cm³/mol. The molecule has 10 heavy (non-hydrogen) atoms. The molecular weight excluding hydrogens is 120 g/mol. The van der Waals surface area contributed by atoms with Gasteiger partial charge in [-0.2, -0.15) is 0 Å². The van der Waals surface area contributed by atoms with Gasteiger partial charge in [0.25, 0.3) is 0 Å². The Balaban J connectivity index is 1.86. The molecule has 0 aromatic rings. The summed E-state index contributed by atoms with van der Waals surface area (Å²) in [5.41, 5.74) is 0. The maximum Gasteiger partial charge on any atom is -0.0355 e. The molecule has 58 valence electrons. The van der Waals surface area contributed by atoms with Crippen molar-refractivity contribution in [3.63, 3.8) is 0 Å². The highest BCUT2D eigenvalue weighted by Crippen LogP contribution is 2.53. The van der Waals surface area contributed by atoms with Gasteiger partial charge in [-0.25, -0.2) is 0 Å². The average molecular weight is 138 g/mol. The molecule has 0 radical (unpaired) electrons. The molecule has 0 aliphatic heterocycles. The van der Waals surface area contributed by atoms with Crippen molar-refractivity contribution in [3.8, 4) is 0 Å². The molecule has 0 aromatic heterocycles. The zero-order valence-electron chi connectivity index (χ0n) is 7.14. The standard InChI is InChI=1S/C10H18/c1-3-9(8-4-5-8)10-6-7(10)2/h7-10H,3-6H2,1-2H3. The molecule has 2 rings (SSSR count). The number of rotatable bonds is 3. The fourth-order valence-electron chi connectivity index (χ4n) is 2.46. The van der Waals surface area contributed by atoms with E-state index in [1.54, 1.807) is 12.8 Å². The average Bonchev–Trinajstić information content (AvgIpc) is 2.73. The molecule has 3 atom stereocenters. The molecule has 0 heteroatoms. The Morgan fingerprint density at radius 1 is 1.40 bits per heavy atom. The van der Waals surface area contributed by atoms with E-state index >= 15 is 0 Å². The van der Waals surface area contributed by atoms with Gasteiger partial charge >= 0.3 is 0 Å². The number of hydrogen-bond acceptors (Lipinski definition) is 0. The van der Waals surface area contributed by atoms with E-state index in [1.807, 2.05) is 0 Å². The SMILES string of the molecule is CCC(C1CC1)C1CC1C. The van der Waals surface area contributed by atoms with E-state index < -0.39 is 0 Å². The second kappa shape index (κ2) is 2.25. The van der Waals surface area contributed by atoms with Crippen LogP contribution in [0, 0.1) is 23.7 Å². The maximum absolute atomic E-state index is 2.41. The van der Waals surface area contributed by atoms with Crippen molar-refractivity contribution >= 4 is 0 Å². The lowest BCUT2D eigenvalue weighted by Crippen LogP contribution is -2.04. The summed E-state index contributed by atoms with van der Waals surface area (Å²) < 4.78 is 0. The molecule has 0 N–H and O–H groups in total. The van der Waals surface area contributed by atoms with Gasteiger partial charge in [0.1, 0.15) is 0 Å². The van der Waals surface area contributed by atoms with Gasteiger partial charge in [-0.15, -0.1) is 0 Å². The Morgan fingerprint density at radius 2 is 2.00 bits per heavy atom. The Hall–Kier alpha value is 0. The third kappa shape index (κ3) is 1.09. The zero-order valence-corrected chi connectivity index (χ0v) is 7.14. The van der Waals surface area contributed by atoms with Crippen molar-refractivity contribution in [1.82, 2.24) is 0 Å². The van der Waals surface area contributed by atoms with Crippen LogP contribution in [0.1, 0.15) is 39.5 Å². The molecule has 2 fully saturated rings. The summed E-state index contributed by atoms with van der Waals surface area (Å²) in [7, 11) is 0. The van der Waals surface area contributed by atoms with Gasteiger partial charge in [-0.3, -0.25) is 0 Å². The topological polar surface area (TPSA) is 0 Å². The lowest BCUT2D eigenvalue weighted by molar-refractivity contribution is 0.377. The minimum Gasteiger partial charge on any atom is -0.0651 e. The molecule has 0 aromatic carbocycles. The fourth-order valence-corrected chi connectivity index (χ4v) is 2.46. The molecule has 2 aliphatic carbocycles. The summed E-state index contributed by atoms with van der Waals surface area (Å²) in [4.78, 5) is 0. The van der Waals surface area contributed by atoms with Crippen LogP contribution in [0.5, 0.6) is 0 Å². The highest BCUT2D eigenvalue weighted by Gasteiger charge is 2.44. The smallest absolute Gasteiger partial charge is 0.0355 e. The maximum atomic E-state index is 2.41. The fraction of sp³-hybridized carbons (Fsp3) is 1.00. The highest BCUT2D eigenvalue weighted by atomic mass is 14.5. The molecule has 2 saturated carbocycles. The first-order valence-electron chi connectivity index (χ1n) is 4.83. The third-order valence-electron chi connectivity index (χ3n) is 3.42. The summed E-state index contributed by atoms with van der Waals surface area (Å²) >= 11 is 0. The van der Waals surface area contributed by atoms with Crippen LogP contribution in [0.3, 0.4) is 0 Å². The van der Waals surface area contributed by atoms with E-state index in [-0.39, 0.29) is 0 Å². The van der Waals surface area contributed by atoms with Gasteiger partial charge in [0.15, 0.2) is 0 Å². The molecule has 0 bridgehead atoms. The lowest BCUT2D eigenvalue weighted by Gasteiger charge is -2.11. The zero-order chi connectivity index (χ0) is 7.14. The first-order valence-corrected chi connectivity index (χ1v) is 4.83. The molecule has 0 saturated heterocycles. The van der Waals surface area contributed by atoms with Crippen molar-refractivity contribution in [2.45, 2.75) is 39.5 Å². The van der Waals surface area contributed by atoms with E-state index in [4.69, 9.17) is 0 Å². The summed E-state index contributed by atoms with van der Waals surface area (Å²) in [6.07, 6.45) is 6.07. The summed E-state index contributed by atoms with van der Waals surface area (Å²) in [6, 6.07) is 0. The molecule has 2 aliphatic rings. The van der Waals surface area contributed by atoms with Gasteiger partial charge in [-0.1, -0.05) is 20.3 Å². The van der Waals surface area contributed by atoms with Crippen LogP contribution in [-0.4, -0.2) is 0 Å². The molecule has 0 heterocycles. The Bertz CT molecular complexity index is 124. The Kier molecular flexibility index (Phi) is 1.51. The minimum atomic E-state index is 1.07. The lowest BCUT2D eigenvalue weighted by atomic mass is 9.94. The van der Waals surface area contributed by atoms with Crippen LogP contribution < -0.4 is 0 Å².